The van der Waals surface area contributed by atoms with Gasteiger partial charge in [0.05, 0.1) is 13.2 Å². The van der Waals surface area contributed by atoms with Gasteiger partial charge in [-0.1, -0.05) is 19.3 Å². The molecule has 136 valence electrons. The Kier molecular flexibility index (Phi) is 4.90. The normalized spacial score (nSPS) is 23.8. The molecule has 1 aliphatic carbocycles. The fraction of sp³-hybridized carbons (Fsp3) is 0.684. The Hall–Kier alpha value is -1.66. The van der Waals surface area contributed by atoms with E-state index in [1.165, 1.54) is 32.1 Å². The van der Waals surface area contributed by atoms with Gasteiger partial charge in [-0.2, -0.15) is 0 Å². The molecular formula is C19H27N3O3. The number of nitrogens with one attached hydrogen (secondary N) is 1. The van der Waals surface area contributed by atoms with Crippen molar-refractivity contribution in [2.75, 3.05) is 31.6 Å². The molecule has 1 saturated carbocycles. The number of anilines is 1. The highest BCUT2D eigenvalue weighted by Crippen LogP contribution is 2.31. The number of hydrogen-bond donors (Lipinski definition) is 1. The van der Waals surface area contributed by atoms with Gasteiger partial charge in [-0.05, 0) is 25.0 Å². The Labute approximate surface area is 148 Å². The van der Waals surface area contributed by atoms with Gasteiger partial charge in [0, 0.05) is 43.9 Å². The predicted molar refractivity (Wildman–Crippen MR) is 94.5 cm³/mol. The van der Waals surface area contributed by atoms with E-state index in [2.05, 4.69) is 10.3 Å². The third-order valence-electron chi connectivity index (χ3n) is 5.58. The van der Waals surface area contributed by atoms with Gasteiger partial charge in [0.1, 0.15) is 5.69 Å². The van der Waals surface area contributed by atoms with Crippen LogP contribution in [0.25, 0.3) is 0 Å². The zero-order valence-corrected chi connectivity index (χ0v) is 14.7. The quantitative estimate of drug-likeness (QED) is 0.913. The molecule has 2 saturated heterocycles. The summed E-state index contributed by atoms with van der Waals surface area (Å²) >= 11 is 0. The monoisotopic (exact) mass is 345 g/mol. The number of rotatable bonds is 3. The molecule has 0 unspecified atom stereocenters. The van der Waals surface area contributed by atoms with E-state index >= 15 is 0 Å². The van der Waals surface area contributed by atoms with E-state index in [1.54, 1.807) is 6.20 Å². The van der Waals surface area contributed by atoms with Gasteiger partial charge in [0.25, 0.3) is 5.91 Å². The van der Waals surface area contributed by atoms with Gasteiger partial charge in [-0.25, -0.2) is 0 Å². The fourth-order valence-corrected chi connectivity index (χ4v) is 4.12. The highest BCUT2D eigenvalue weighted by molar-refractivity contribution is 5.93. The molecule has 0 atom stereocenters. The van der Waals surface area contributed by atoms with E-state index in [0.717, 1.165) is 18.5 Å². The molecule has 3 heterocycles. The number of likely N-dealkylation sites (tertiary alicyclic amines) is 1. The molecule has 1 spiro atoms. The van der Waals surface area contributed by atoms with Crippen LogP contribution in [0.5, 0.6) is 0 Å². The number of carbonyl (C=O) groups excluding carboxylic acids is 1. The maximum absolute atomic E-state index is 12.8. The van der Waals surface area contributed by atoms with Gasteiger partial charge in [0.2, 0.25) is 0 Å². The molecule has 3 fully saturated rings. The van der Waals surface area contributed by atoms with Crippen molar-refractivity contribution < 1.29 is 14.3 Å². The van der Waals surface area contributed by atoms with Crippen molar-refractivity contribution >= 4 is 11.6 Å². The largest absolute Gasteiger partial charge is 0.382 e. The minimum atomic E-state index is -0.450. The first-order chi connectivity index (χ1) is 12.2. The summed E-state index contributed by atoms with van der Waals surface area (Å²) in [5.74, 6) is -0.450. The van der Waals surface area contributed by atoms with E-state index in [-0.39, 0.29) is 5.91 Å². The Balaban J connectivity index is 1.37. The van der Waals surface area contributed by atoms with Gasteiger partial charge < -0.3 is 19.7 Å². The van der Waals surface area contributed by atoms with E-state index in [4.69, 9.17) is 9.47 Å². The number of amides is 1. The van der Waals surface area contributed by atoms with E-state index in [0.29, 0.717) is 38.0 Å². The Bertz CT molecular complexity index is 600. The summed E-state index contributed by atoms with van der Waals surface area (Å²) in [5, 5.41) is 3.57. The van der Waals surface area contributed by atoms with Gasteiger partial charge in [0.15, 0.2) is 5.79 Å². The average molecular weight is 345 g/mol. The van der Waals surface area contributed by atoms with Gasteiger partial charge >= 0.3 is 0 Å². The van der Waals surface area contributed by atoms with Gasteiger partial charge in [-0.15, -0.1) is 0 Å². The SMILES string of the molecule is O=C(c1cc(NC2CCCCC2)ccn1)N1CCC2(CC1)OCCO2. The van der Waals surface area contributed by atoms with Crippen LogP contribution in [0, 0.1) is 0 Å². The summed E-state index contributed by atoms with van der Waals surface area (Å²) in [6, 6.07) is 4.37. The molecule has 1 amide bonds. The van der Waals surface area contributed by atoms with Crippen molar-refractivity contribution in [3.63, 3.8) is 0 Å². The summed E-state index contributed by atoms with van der Waals surface area (Å²) < 4.78 is 11.5. The van der Waals surface area contributed by atoms with Crippen molar-refractivity contribution in [1.29, 1.82) is 0 Å². The molecule has 1 aromatic heterocycles. The van der Waals surface area contributed by atoms with Crippen molar-refractivity contribution in [3.8, 4) is 0 Å². The lowest BCUT2D eigenvalue weighted by atomic mass is 9.95. The lowest BCUT2D eigenvalue weighted by Crippen LogP contribution is -2.47. The van der Waals surface area contributed by atoms with Gasteiger partial charge in [-0.3, -0.25) is 9.78 Å². The van der Waals surface area contributed by atoms with E-state index in [1.807, 2.05) is 17.0 Å². The van der Waals surface area contributed by atoms with Crippen molar-refractivity contribution in [2.45, 2.75) is 56.8 Å². The number of ether oxygens (including phenoxy) is 2. The number of pyridine rings is 1. The molecule has 1 aromatic rings. The molecule has 0 radical (unpaired) electrons. The summed E-state index contributed by atoms with van der Waals surface area (Å²) in [7, 11) is 0. The zero-order chi connectivity index (χ0) is 17.1. The van der Waals surface area contributed by atoms with Crippen LogP contribution < -0.4 is 5.32 Å². The third-order valence-corrected chi connectivity index (χ3v) is 5.58. The summed E-state index contributed by atoms with van der Waals surface area (Å²) in [6.45, 7) is 2.62. The highest BCUT2D eigenvalue weighted by Gasteiger charge is 2.41. The Morgan fingerprint density at radius 1 is 1.16 bits per heavy atom. The zero-order valence-electron chi connectivity index (χ0n) is 14.7. The number of aromatic nitrogens is 1. The van der Waals surface area contributed by atoms with Crippen LogP contribution in [0.15, 0.2) is 18.3 Å². The maximum atomic E-state index is 12.8. The number of piperidine rings is 1. The first kappa shape index (κ1) is 16.8. The Morgan fingerprint density at radius 2 is 1.88 bits per heavy atom. The van der Waals surface area contributed by atoms with Crippen molar-refractivity contribution in [1.82, 2.24) is 9.88 Å². The predicted octanol–water partition coefficient (Wildman–Crippen LogP) is 2.81. The van der Waals surface area contributed by atoms with Crippen LogP contribution >= 0.6 is 0 Å². The summed E-state index contributed by atoms with van der Waals surface area (Å²) in [5.41, 5.74) is 1.52. The van der Waals surface area contributed by atoms with Crippen LogP contribution in [-0.2, 0) is 9.47 Å². The molecule has 2 aliphatic heterocycles. The van der Waals surface area contributed by atoms with Crippen molar-refractivity contribution in [2.24, 2.45) is 0 Å². The highest BCUT2D eigenvalue weighted by atomic mass is 16.7. The molecule has 6 heteroatoms. The van der Waals surface area contributed by atoms with E-state index in [9.17, 15) is 4.79 Å². The number of carbonyl (C=O) groups is 1. The van der Waals surface area contributed by atoms with Crippen LogP contribution in [0.1, 0.15) is 55.4 Å². The minimum absolute atomic E-state index is 0.000131. The molecule has 1 N–H and O–H groups in total. The second-order valence-corrected chi connectivity index (χ2v) is 7.31. The number of nitrogens with zero attached hydrogens (tertiary/aromatic N) is 2. The lowest BCUT2D eigenvalue weighted by Gasteiger charge is -2.37. The fourth-order valence-electron chi connectivity index (χ4n) is 4.12. The molecule has 0 aromatic carbocycles. The maximum Gasteiger partial charge on any atom is 0.272 e. The second-order valence-electron chi connectivity index (χ2n) is 7.31. The van der Waals surface area contributed by atoms with Crippen molar-refractivity contribution in [3.05, 3.63) is 24.0 Å². The topological polar surface area (TPSA) is 63.7 Å². The number of hydrogen-bond acceptors (Lipinski definition) is 5. The third kappa shape index (κ3) is 3.80. The Morgan fingerprint density at radius 3 is 2.60 bits per heavy atom. The first-order valence-electron chi connectivity index (χ1n) is 9.54. The van der Waals surface area contributed by atoms with Crippen LogP contribution in [-0.4, -0.2) is 53.9 Å². The van der Waals surface area contributed by atoms with Crippen LogP contribution in [0.3, 0.4) is 0 Å². The molecule has 25 heavy (non-hydrogen) atoms. The van der Waals surface area contributed by atoms with E-state index < -0.39 is 5.79 Å². The minimum Gasteiger partial charge on any atom is -0.382 e. The standard InChI is InChI=1S/C19H27N3O3/c23-18(22-10-7-19(8-11-22)24-12-13-25-19)17-14-16(6-9-20-17)21-15-4-2-1-3-5-15/h6,9,14-15H,1-5,7-8,10-13H2,(H,20,21). The lowest BCUT2D eigenvalue weighted by molar-refractivity contribution is -0.181. The van der Waals surface area contributed by atoms with Crippen LogP contribution in [0.4, 0.5) is 5.69 Å². The second kappa shape index (κ2) is 7.30. The van der Waals surface area contributed by atoms with Crippen LogP contribution in [0.2, 0.25) is 0 Å². The molecular weight excluding hydrogens is 318 g/mol. The first-order valence-corrected chi connectivity index (χ1v) is 9.54. The molecule has 4 rings (SSSR count). The molecule has 6 nitrogen and oxygen atoms in total. The average Bonchev–Trinajstić information content (AvgIpc) is 3.11. The summed E-state index contributed by atoms with van der Waals surface area (Å²) in [6.07, 6.45) is 9.52. The molecule has 3 aliphatic rings. The molecule has 0 bridgehead atoms. The smallest absolute Gasteiger partial charge is 0.272 e. The summed E-state index contributed by atoms with van der Waals surface area (Å²) in [4.78, 5) is 19.0.